The second-order valence-corrected chi connectivity index (χ2v) is 9.39. The Labute approximate surface area is 201 Å². The molecule has 32 heavy (non-hydrogen) atoms. The Balaban J connectivity index is 3.78. The molecule has 0 aromatic carbocycles. The minimum atomic E-state index is 0.298. The molecule has 194 valence electrons. The topological polar surface area (TPSA) is 54.0 Å². The third-order valence-corrected chi connectivity index (χ3v) is 6.24. The Kier molecular flexibility index (Phi) is 26.9. The lowest BCUT2D eigenvalue weighted by molar-refractivity contribution is 0.00866. The Morgan fingerprint density at radius 1 is 0.656 bits per heavy atom. The number of hydroxylamine groups is 1. The highest BCUT2D eigenvalue weighted by Crippen LogP contribution is 2.11. The fourth-order valence-corrected chi connectivity index (χ4v) is 4.14. The summed E-state index contributed by atoms with van der Waals surface area (Å²) in [4.78, 5) is 8.37. The predicted molar refractivity (Wildman–Crippen MR) is 138 cm³/mol. The number of unbranched alkanes of at least 4 members (excludes halogenated alkanes) is 10. The summed E-state index contributed by atoms with van der Waals surface area (Å²) < 4.78 is 5.12. The van der Waals surface area contributed by atoms with Gasteiger partial charge >= 0.3 is 0 Å². The van der Waals surface area contributed by atoms with E-state index in [0.29, 0.717) is 12.6 Å². The summed E-state index contributed by atoms with van der Waals surface area (Å²) in [6.45, 7) is 9.90. The maximum absolute atomic E-state index is 9.17. The smallest absolute Gasteiger partial charge is 0.0682 e. The SMILES string of the molecule is CCCCCCC(CCCC)NOCCCCCCN(CCCO)CCCCCCOC. The van der Waals surface area contributed by atoms with E-state index in [-0.39, 0.29) is 0 Å². The van der Waals surface area contributed by atoms with E-state index in [1.807, 2.05) is 0 Å². The molecule has 0 saturated carbocycles. The molecule has 0 radical (unpaired) electrons. The molecule has 0 aliphatic rings. The maximum atomic E-state index is 9.17. The Morgan fingerprint density at radius 2 is 1.22 bits per heavy atom. The molecule has 0 fully saturated rings. The van der Waals surface area contributed by atoms with Crippen LogP contribution in [0.1, 0.15) is 123 Å². The van der Waals surface area contributed by atoms with Gasteiger partial charge in [0.1, 0.15) is 0 Å². The molecule has 0 saturated heterocycles. The molecule has 0 aromatic rings. The van der Waals surface area contributed by atoms with Gasteiger partial charge in [0.25, 0.3) is 0 Å². The van der Waals surface area contributed by atoms with Crippen molar-refractivity contribution in [1.82, 2.24) is 10.4 Å². The molecule has 2 N–H and O–H groups in total. The van der Waals surface area contributed by atoms with Crippen molar-refractivity contribution in [2.75, 3.05) is 46.6 Å². The molecule has 0 rings (SSSR count). The van der Waals surface area contributed by atoms with Gasteiger partial charge in [-0.05, 0) is 58.0 Å². The summed E-state index contributed by atoms with van der Waals surface area (Å²) in [6, 6.07) is 0.529. The van der Waals surface area contributed by atoms with E-state index in [2.05, 4.69) is 24.2 Å². The number of nitrogens with zero attached hydrogens (tertiary/aromatic N) is 1. The highest BCUT2D eigenvalue weighted by molar-refractivity contribution is 4.63. The van der Waals surface area contributed by atoms with E-state index in [1.54, 1.807) is 7.11 Å². The molecule has 0 spiro atoms. The van der Waals surface area contributed by atoms with Gasteiger partial charge in [-0.25, -0.2) is 0 Å². The summed E-state index contributed by atoms with van der Waals surface area (Å²) in [5, 5.41) is 9.17. The van der Waals surface area contributed by atoms with E-state index >= 15 is 0 Å². The Bertz CT molecular complexity index is 345. The van der Waals surface area contributed by atoms with Crippen LogP contribution in [0.5, 0.6) is 0 Å². The van der Waals surface area contributed by atoms with Gasteiger partial charge in [0.05, 0.1) is 6.61 Å². The third kappa shape index (κ3) is 23.0. The van der Waals surface area contributed by atoms with Crippen LogP contribution in [0, 0.1) is 0 Å². The van der Waals surface area contributed by atoms with Gasteiger partial charge in [-0.1, -0.05) is 78.1 Å². The van der Waals surface area contributed by atoms with Crippen LogP contribution in [0.3, 0.4) is 0 Å². The second-order valence-electron chi connectivity index (χ2n) is 9.39. The fourth-order valence-electron chi connectivity index (χ4n) is 4.14. The fraction of sp³-hybridized carbons (Fsp3) is 1.00. The van der Waals surface area contributed by atoms with Crippen molar-refractivity contribution in [3.8, 4) is 0 Å². The van der Waals surface area contributed by atoms with Crippen molar-refractivity contribution in [3.63, 3.8) is 0 Å². The van der Waals surface area contributed by atoms with Crippen molar-refractivity contribution in [2.24, 2.45) is 0 Å². The van der Waals surface area contributed by atoms with Crippen LogP contribution in [0.4, 0.5) is 0 Å². The second kappa shape index (κ2) is 27.0. The number of aliphatic hydroxyl groups is 1. The van der Waals surface area contributed by atoms with E-state index in [9.17, 15) is 5.11 Å². The predicted octanol–water partition coefficient (Wildman–Crippen LogP) is 6.49. The molecule has 5 nitrogen and oxygen atoms in total. The number of hydrogen-bond donors (Lipinski definition) is 2. The molecule has 0 amide bonds. The third-order valence-electron chi connectivity index (χ3n) is 6.24. The van der Waals surface area contributed by atoms with Gasteiger partial charge in [0.15, 0.2) is 0 Å². The number of rotatable bonds is 27. The summed E-state index contributed by atoms with van der Waals surface area (Å²) >= 11 is 0. The highest BCUT2D eigenvalue weighted by atomic mass is 16.6. The number of ether oxygens (including phenoxy) is 1. The monoisotopic (exact) mass is 458 g/mol. The zero-order valence-corrected chi connectivity index (χ0v) is 22.1. The van der Waals surface area contributed by atoms with Crippen LogP contribution in [0.2, 0.25) is 0 Å². The van der Waals surface area contributed by atoms with Gasteiger partial charge in [-0.15, -0.1) is 0 Å². The minimum absolute atomic E-state index is 0.298. The largest absolute Gasteiger partial charge is 0.396 e. The standard InChI is InChI=1S/C27H58N2O3/c1-4-6-8-13-20-27(19-7-5-2)28-32-26-17-12-10-15-22-29(23-18-24-30)21-14-9-11-16-25-31-3/h27-28,30H,4-26H2,1-3H3. The molecule has 0 aliphatic carbocycles. The number of hydrogen-bond acceptors (Lipinski definition) is 5. The molecule has 0 heterocycles. The zero-order chi connectivity index (χ0) is 23.5. The molecule has 0 aliphatic heterocycles. The molecular weight excluding hydrogens is 400 g/mol. The van der Waals surface area contributed by atoms with E-state index in [0.717, 1.165) is 45.7 Å². The maximum Gasteiger partial charge on any atom is 0.0682 e. The lowest BCUT2D eigenvalue weighted by Crippen LogP contribution is -2.29. The van der Waals surface area contributed by atoms with Crippen LogP contribution in [-0.2, 0) is 9.57 Å². The average Bonchev–Trinajstić information content (AvgIpc) is 2.81. The van der Waals surface area contributed by atoms with Crippen LogP contribution in [0.25, 0.3) is 0 Å². The summed E-state index contributed by atoms with van der Waals surface area (Å²) in [7, 11) is 1.78. The minimum Gasteiger partial charge on any atom is -0.396 e. The van der Waals surface area contributed by atoms with Crippen LogP contribution < -0.4 is 5.48 Å². The van der Waals surface area contributed by atoms with E-state index < -0.39 is 0 Å². The van der Waals surface area contributed by atoms with Crippen molar-refractivity contribution in [2.45, 2.75) is 129 Å². The lowest BCUT2D eigenvalue weighted by Gasteiger charge is -2.22. The van der Waals surface area contributed by atoms with Crippen molar-refractivity contribution >= 4 is 0 Å². The highest BCUT2D eigenvalue weighted by Gasteiger charge is 2.08. The summed E-state index contributed by atoms with van der Waals surface area (Å²) in [6.07, 6.45) is 21.1. The van der Waals surface area contributed by atoms with Gasteiger partial charge in [0.2, 0.25) is 0 Å². The summed E-state index contributed by atoms with van der Waals surface area (Å²) in [5.41, 5.74) is 3.37. The van der Waals surface area contributed by atoms with Crippen molar-refractivity contribution < 1.29 is 14.7 Å². The molecule has 0 aromatic heterocycles. The van der Waals surface area contributed by atoms with Crippen LogP contribution in [0.15, 0.2) is 0 Å². The molecule has 5 heteroatoms. The van der Waals surface area contributed by atoms with Crippen molar-refractivity contribution in [1.29, 1.82) is 0 Å². The van der Waals surface area contributed by atoms with Gasteiger partial charge < -0.3 is 19.6 Å². The molecular formula is C27H58N2O3. The number of nitrogens with one attached hydrogen (secondary N) is 1. The average molecular weight is 459 g/mol. The zero-order valence-electron chi connectivity index (χ0n) is 22.1. The molecule has 0 bridgehead atoms. The summed E-state index contributed by atoms with van der Waals surface area (Å²) in [5.74, 6) is 0. The normalized spacial score (nSPS) is 12.7. The molecule has 1 atom stereocenters. The quantitative estimate of drug-likeness (QED) is 0.109. The first kappa shape index (κ1) is 31.8. The van der Waals surface area contributed by atoms with Gasteiger partial charge in [-0.2, -0.15) is 5.48 Å². The number of aliphatic hydroxyl groups excluding tert-OH is 1. The lowest BCUT2D eigenvalue weighted by atomic mass is 10.0. The van der Waals surface area contributed by atoms with Gasteiger partial charge in [0, 0.05) is 32.9 Å². The Morgan fingerprint density at radius 3 is 1.84 bits per heavy atom. The van der Waals surface area contributed by atoms with Crippen LogP contribution >= 0.6 is 0 Å². The van der Waals surface area contributed by atoms with Crippen molar-refractivity contribution in [3.05, 3.63) is 0 Å². The number of methoxy groups -OCH3 is 1. The van der Waals surface area contributed by atoms with Gasteiger partial charge in [-0.3, -0.25) is 0 Å². The first-order valence-electron chi connectivity index (χ1n) is 14.0. The van der Waals surface area contributed by atoms with E-state index in [4.69, 9.17) is 9.57 Å². The van der Waals surface area contributed by atoms with Crippen LogP contribution in [-0.4, -0.2) is 62.6 Å². The first-order chi connectivity index (χ1) is 15.8. The van der Waals surface area contributed by atoms with E-state index in [1.165, 1.54) is 96.3 Å². The molecule has 1 unspecified atom stereocenters. The first-order valence-corrected chi connectivity index (χ1v) is 14.0. The Hall–Kier alpha value is -0.200.